The third-order valence-electron chi connectivity index (χ3n) is 2.50. The number of nitrogens with one attached hydrogen (secondary N) is 2. The van der Waals surface area contributed by atoms with E-state index in [0.29, 0.717) is 0 Å². The molecule has 0 fully saturated rings. The minimum atomic E-state index is -0.937. The third-order valence-corrected chi connectivity index (χ3v) is 3.82. The largest absolute Gasteiger partial charge is 0.481 e. The highest BCUT2D eigenvalue weighted by Crippen LogP contribution is 2.19. The fraction of sp³-hybridized carbons (Fsp3) is 0.583. The summed E-state index contributed by atoms with van der Waals surface area (Å²) in [7, 11) is 0. The molecule has 6 nitrogen and oxygen atoms in total. The molecule has 2 atom stereocenters. The summed E-state index contributed by atoms with van der Waals surface area (Å²) in [4.78, 5) is 27.6. The van der Waals surface area contributed by atoms with Crippen LogP contribution in [-0.2, 0) is 11.2 Å². The monoisotopic (exact) mass is 285 g/mol. The first-order valence-corrected chi connectivity index (χ1v) is 6.97. The molecule has 0 saturated carbocycles. The van der Waals surface area contributed by atoms with Gasteiger partial charge in [0.15, 0.2) is 0 Å². The summed E-state index contributed by atoms with van der Waals surface area (Å²) in [6.07, 6.45) is 2.63. The van der Waals surface area contributed by atoms with Crippen LogP contribution in [0.25, 0.3) is 0 Å². The van der Waals surface area contributed by atoms with E-state index < -0.39 is 12.0 Å². The highest BCUT2D eigenvalue weighted by Gasteiger charge is 2.15. The molecule has 1 aromatic heterocycles. The number of nitrogens with zero attached hydrogens (tertiary/aromatic N) is 1. The van der Waals surface area contributed by atoms with Gasteiger partial charge in [-0.25, -0.2) is 9.78 Å². The minimum absolute atomic E-state index is 0.0982. The zero-order chi connectivity index (χ0) is 14.4. The van der Waals surface area contributed by atoms with Gasteiger partial charge in [0.25, 0.3) is 0 Å². The summed E-state index contributed by atoms with van der Waals surface area (Å²) in [6, 6.07) is -0.982. The Kier molecular flexibility index (Phi) is 5.75. The van der Waals surface area contributed by atoms with Crippen molar-refractivity contribution in [2.24, 2.45) is 0 Å². The standard InChI is InChI=1S/C12H19N3O3S/c1-4-9-6-13-11(19-9)8(3)15-12(18)14-7(2)5-10(16)17/h6-8H,4-5H2,1-3H3,(H,16,17)(H2,14,15,18). The molecule has 1 aromatic rings. The minimum Gasteiger partial charge on any atom is -0.481 e. The summed E-state index contributed by atoms with van der Waals surface area (Å²) >= 11 is 1.56. The van der Waals surface area contributed by atoms with Gasteiger partial charge < -0.3 is 15.7 Å². The predicted molar refractivity (Wildman–Crippen MR) is 73.3 cm³/mol. The normalized spacial score (nSPS) is 13.6. The Balaban J connectivity index is 2.45. The zero-order valence-electron chi connectivity index (χ0n) is 11.3. The van der Waals surface area contributed by atoms with Crippen LogP contribution in [-0.4, -0.2) is 28.1 Å². The number of amides is 2. The average Bonchev–Trinajstić information content (AvgIpc) is 2.75. The van der Waals surface area contributed by atoms with Crippen molar-refractivity contribution in [3.63, 3.8) is 0 Å². The van der Waals surface area contributed by atoms with E-state index in [0.717, 1.165) is 11.4 Å². The molecule has 0 bridgehead atoms. The van der Waals surface area contributed by atoms with Crippen molar-refractivity contribution in [1.29, 1.82) is 0 Å². The van der Waals surface area contributed by atoms with Gasteiger partial charge in [0.05, 0.1) is 12.5 Å². The SMILES string of the molecule is CCc1cnc(C(C)NC(=O)NC(C)CC(=O)O)s1. The number of aliphatic carboxylic acids is 1. The second-order valence-corrected chi connectivity index (χ2v) is 5.50. The maximum atomic E-state index is 11.7. The van der Waals surface area contributed by atoms with E-state index in [1.165, 1.54) is 4.88 Å². The molecule has 0 aromatic carbocycles. The van der Waals surface area contributed by atoms with Gasteiger partial charge in [0, 0.05) is 17.1 Å². The fourth-order valence-electron chi connectivity index (χ4n) is 1.52. The van der Waals surface area contributed by atoms with Crippen molar-refractivity contribution in [3.8, 4) is 0 Å². The second kappa shape index (κ2) is 7.08. The fourth-order valence-corrected chi connectivity index (χ4v) is 2.38. The molecule has 0 spiro atoms. The number of carboxylic acid groups (broad SMARTS) is 1. The number of hydrogen-bond donors (Lipinski definition) is 3. The number of rotatable bonds is 6. The van der Waals surface area contributed by atoms with Gasteiger partial charge in [-0.3, -0.25) is 4.79 Å². The third kappa shape index (κ3) is 5.25. The van der Waals surface area contributed by atoms with Crippen molar-refractivity contribution < 1.29 is 14.7 Å². The Morgan fingerprint density at radius 3 is 2.63 bits per heavy atom. The van der Waals surface area contributed by atoms with Gasteiger partial charge in [-0.2, -0.15) is 0 Å². The second-order valence-electron chi connectivity index (χ2n) is 4.36. The lowest BCUT2D eigenvalue weighted by molar-refractivity contribution is -0.137. The summed E-state index contributed by atoms with van der Waals surface area (Å²) in [5.41, 5.74) is 0. The topological polar surface area (TPSA) is 91.3 Å². The van der Waals surface area contributed by atoms with E-state index in [9.17, 15) is 9.59 Å². The molecular formula is C12H19N3O3S. The first kappa shape index (κ1) is 15.4. The van der Waals surface area contributed by atoms with E-state index >= 15 is 0 Å². The van der Waals surface area contributed by atoms with E-state index in [2.05, 4.69) is 22.5 Å². The summed E-state index contributed by atoms with van der Waals surface area (Å²) in [5.74, 6) is -0.937. The Morgan fingerprint density at radius 1 is 1.42 bits per heavy atom. The van der Waals surface area contributed by atoms with Crippen LogP contribution in [0, 0.1) is 0 Å². The number of carbonyl (C=O) groups excluding carboxylic acids is 1. The number of aryl methyl sites for hydroxylation is 1. The number of carboxylic acids is 1. The van der Waals surface area contributed by atoms with E-state index in [-0.39, 0.29) is 18.5 Å². The lowest BCUT2D eigenvalue weighted by atomic mass is 10.2. The number of hydrogen-bond acceptors (Lipinski definition) is 4. The number of aromatic nitrogens is 1. The molecule has 106 valence electrons. The molecule has 2 unspecified atom stereocenters. The van der Waals surface area contributed by atoms with Gasteiger partial charge in [-0.05, 0) is 20.3 Å². The number of carbonyl (C=O) groups is 2. The van der Waals surface area contributed by atoms with Gasteiger partial charge in [-0.1, -0.05) is 6.92 Å². The number of urea groups is 1. The lowest BCUT2D eigenvalue weighted by Crippen LogP contribution is -2.42. The first-order valence-electron chi connectivity index (χ1n) is 6.15. The average molecular weight is 285 g/mol. The van der Waals surface area contributed by atoms with Gasteiger partial charge in [-0.15, -0.1) is 11.3 Å². The van der Waals surface area contributed by atoms with Crippen LogP contribution < -0.4 is 10.6 Å². The Morgan fingerprint density at radius 2 is 2.11 bits per heavy atom. The van der Waals surface area contributed by atoms with Crippen LogP contribution in [0.3, 0.4) is 0 Å². The maximum absolute atomic E-state index is 11.7. The number of thiazole rings is 1. The molecule has 1 rings (SSSR count). The first-order chi connectivity index (χ1) is 8.92. The quantitative estimate of drug-likeness (QED) is 0.744. The molecule has 0 aliphatic heterocycles. The molecular weight excluding hydrogens is 266 g/mol. The Bertz CT molecular complexity index is 447. The molecule has 2 amide bonds. The van der Waals surface area contributed by atoms with Crippen LogP contribution in [0.2, 0.25) is 0 Å². The van der Waals surface area contributed by atoms with E-state index in [1.807, 2.05) is 13.1 Å². The molecule has 0 aliphatic rings. The van der Waals surface area contributed by atoms with Crippen molar-refractivity contribution in [2.45, 2.75) is 45.7 Å². The van der Waals surface area contributed by atoms with Crippen molar-refractivity contribution in [2.75, 3.05) is 0 Å². The van der Waals surface area contributed by atoms with Crippen LogP contribution in [0.1, 0.15) is 43.1 Å². The van der Waals surface area contributed by atoms with E-state index in [1.54, 1.807) is 18.3 Å². The molecule has 7 heteroatoms. The van der Waals surface area contributed by atoms with Crippen molar-refractivity contribution >= 4 is 23.3 Å². The van der Waals surface area contributed by atoms with Gasteiger partial charge in [0.1, 0.15) is 5.01 Å². The highest BCUT2D eigenvalue weighted by atomic mass is 32.1. The van der Waals surface area contributed by atoms with Crippen molar-refractivity contribution in [3.05, 3.63) is 16.1 Å². The smallest absolute Gasteiger partial charge is 0.315 e. The van der Waals surface area contributed by atoms with Crippen LogP contribution in [0.15, 0.2) is 6.20 Å². The molecule has 0 radical (unpaired) electrons. The summed E-state index contributed by atoms with van der Waals surface area (Å²) in [6.45, 7) is 5.55. The van der Waals surface area contributed by atoms with Crippen LogP contribution in [0.4, 0.5) is 4.79 Å². The van der Waals surface area contributed by atoms with Crippen LogP contribution >= 0.6 is 11.3 Å². The Hall–Kier alpha value is -1.63. The van der Waals surface area contributed by atoms with Gasteiger partial charge in [0.2, 0.25) is 0 Å². The zero-order valence-corrected chi connectivity index (χ0v) is 12.1. The van der Waals surface area contributed by atoms with Crippen LogP contribution in [0.5, 0.6) is 0 Å². The molecule has 19 heavy (non-hydrogen) atoms. The molecule has 1 heterocycles. The highest BCUT2D eigenvalue weighted by molar-refractivity contribution is 7.11. The lowest BCUT2D eigenvalue weighted by Gasteiger charge is -2.15. The van der Waals surface area contributed by atoms with Gasteiger partial charge >= 0.3 is 12.0 Å². The summed E-state index contributed by atoms with van der Waals surface area (Å²) < 4.78 is 0. The van der Waals surface area contributed by atoms with E-state index in [4.69, 9.17) is 5.11 Å². The molecule has 0 aliphatic carbocycles. The maximum Gasteiger partial charge on any atom is 0.315 e. The molecule has 0 saturated heterocycles. The Labute approximate surface area is 116 Å². The summed E-state index contributed by atoms with van der Waals surface area (Å²) in [5, 5.41) is 14.8. The van der Waals surface area contributed by atoms with Crippen molar-refractivity contribution in [1.82, 2.24) is 15.6 Å². The predicted octanol–water partition coefficient (Wildman–Crippen LogP) is 1.93. The molecule has 3 N–H and O–H groups in total.